The van der Waals surface area contributed by atoms with Crippen LogP contribution in [0.2, 0.25) is 0 Å². The number of hydrogen-bond donors (Lipinski definition) is 2. The predicted octanol–water partition coefficient (Wildman–Crippen LogP) is 1.42. The summed E-state index contributed by atoms with van der Waals surface area (Å²) in [5.74, 6) is -0.881. The van der Waals surface area contributed by atoms with Gasteiger partial charge in [-0.1, -0.05) is 60.7 Å². The second-order valence-corrected chi connectivity index (χ2v) is 6.59. The molecule has 0 saturated heterocycles. The van der Waals surface area contributed by atoms with Gasteiger partial charge in [-0.3, -0.25) is 9.59 Å². The Balaban J connectivity index is 1.49. The number of tetrazole rings is 1. The van der Waals surface area contributed by atoms with Gasteiger partial charge in [-0.05, 0) is 22.8 Å². The smallest absolute Gasteiger partial charge is 0.407 e. The van der Waals surface area contributed by atoms with Crippen molar-refractivity contribution >= 4 is 17.8 Å². The van der Waals surface area contributed by atoms with Crippen LogP contribution in [0.5, 0.6) is 0 Å². The molecular weight excluding hydrogens is 400 g/mol. The molecule has 2 amide bonds. The number of hydrogen-bond acceptors (Lipinski definition) is 7. The van der Waals surface area contributed by atoms with Crippen LogP contribution < -0.4 is 10.6 Å². The number of nitrogens with one attached hydrogen (secondary N) is 2. The van der Waals surface area contributed by atoms with Gasteiger partial charge in [0.05, 0.1) is 0 Å². The third-order valence-corrected chi connectivity index (χ3v) is 4.31. The summed E-state index contributed by atoms with van der Waals surface area (Å²) in [7, 11) is 0. The summed E-state index contributed by atoms with van der Waals surface area (Å²) in [6, 6.07) is 18.7. The molecule has 0 radical (unpaired) electrons. The molecule has 2 N–H and O–H groups in total. The van der Waals surface area contributed by atoms with Crippen LogP contribution in [-0.4, -0.2) is 44.5 Å². The molecule has 3 rings (SSSR count). The van der Waals surface area contributed by atoms with Gasteiger partial charge < -0.3 is 15.4 Å². The Bertz CT molecular complexity index is 980. The number of carbonyl (C=O) groups excluding carboxylic acids is 3. The highest BCUT2D eigenvalue weighted by molar-refractivity contribution is 5.89. The highest BCUT2D eigenvalue weighted by Crippen LogP contribution is 2.09. The van der Waals surface area contributed by atoms with Gasteiger partial charge in [-0.2, -0.15) is 0 Å². The normalized spacial score (nSPS) is 11.4. The summed E-state index contributed by atoms with van der Waals surface area (Å²) in [4.78, 5) is 37.8. The highest BCUT2D eigenvalue weighted by Gasteiger charge is 2.24. The minimum Gasteiger partial charge on any atom is -0.445 e. The number of ether oxygens (including phenoxy) is 1. The average Bonchev–Trinajstić information content (AvgIpc) is 3.34. The molecule has 0 spiro atoms. The van der Waals surface area contributed by atoms with Crippen LogP contribution >= 0.6 is 0 Å². The van der Waals surface area contributed by atoms with Crippen molar-refractivity contribution < 1.29 is 19.1 Å². The van der Waals surface area contributed by atoms with Crippen molar-refractivity contribution in [3.63, 3.8) is 0 Å². The number of aryl methyl sites for hydroxylation is 1. The van der Waals surface area contributed by atoms with Gasteiger partial charge in [0.15, 0.2) is 12.1 Å². The van der Waals surface area contributed by atoms with Crippen molar-refractivity contribution in [3.05, 3.63) is 78.1 Å². The number of carbonyl (C=O) groups is 3. The predicted molar refractivity (Wildman–Crippen MR) is 109 cm³/mol. The Kier molecular flexibility index (Phi) is 7.81. The lowest BCUT2D eigenvalue weighted by atomic mass is 10.1. The zero-order valence-corrected chi connectivity index (χ0v) is 16.7. The van der Waals surface area contributed by atoms with E-state index in [4.69, 9.17) is 4.74 Å². The Morgan fingerprint density at radius 3 is 2.29 bits per heavy atom. The molecule has 3 aromatic rings. The number of Topliss-reactive ketones (excluding diaryl/α,β-unsaturated/α-hetero) is 1. The first-order chi connectivity index (χ1) is 15.1. The van der Waals surface area contributed by atoms with E-state index in [9.17, 15) is 14.4 Å². The molecule has 31 heavy (non-hydrogen) atoms. The molecule has 0 aliphatic carbocycles. The van der Waals surface area contributed by atoms with Gasteiger partial charge in [0.1, 0.15) is 13.2 Å². The van der Waals surface area contributed by atoms with Crippen LogP contribution in [0.4, 0.5) is 4.79 Å². The second kappa shape index (κ2) is 11.2. The number of amides is 2. The van der Waals surface area contributed by atoms with E-state index in [2.05, 4.69) is 26.0 Å². The van der Waals surface area contributed by atoms with Crippen LogP contribution in [0.1, 0.15) is 23.7 Å². The van der Waals surface area contributed by atoms with Crippen molar-refractivity contribution in [1.29, 1.82) is 0 Å². The van der Waals surface area contributed by atoms with Gasteiger partial charge in [0.25, 0.3) is 0 Å². The fourth-order valence-electron chi connectivity index (χ4n) is 2.74. The first-order valence-electron chi connectivity index (χ1n) is 9.65. The van der Waals surface area contributed by atoms with E-state index in [1.807, 2.05) is 60.7 Å². The first kappa shape index (κ1) is 21.6. The van der Waals surface area contributed by atoms with Gasteiger partial charge in [0.2, 0.25) is 12.1 Å². The number of alkyl carbamates (subject to hydrolysis) is 1. The zero-order valence-electron chi connectivity index (χ0n) is 16.7. The molecular formula is C21H22N6O4. The zero-order chi connectivity index (χ0) is 21.9. The molecule has 1 heterocycles. The van der Waals surface area contributed by atoms with E-state index in [1.54, 1.807) is 0 Å². The van der Waals surface area contributed by atoms with Crippen LogP contribution in [0.25, 0.3) is 0 Å². The maximum Gasteiger partial charge on any atom is 0.407 e. The number of benzene rings is 2. The fraction of sp³-hybridized carbons (Fsp3) is 0.238. The minimum absolute atomic E-state index is 0.0811. The summed E-state index contributed by atoms with van der Waals surface area (Å²) in [5.41, 5.74) is 1.82. The van der Waals surface area contributed by atoms with Gasteiger partial charge >= 0.3 is 6.09 Å². The molecule has 10 heteroatoms. The Morgan fingerprint density at radius 2 is 1.65 bits per heavy atom. The Labute approximate surface area is 178 Å². The molecule has 0 fully saturated rings. The van der Waals surface area contributed by atoms with E-state index in [1.165, 1.54) is 6.33 Å². The van der Waals surface area contributed by atoms with Gasteiger partial charge in [-0.25, -0.2) is 4.79 Å². The lowest BCUT2D eigenvalue weighted by Crippen LogP contribution is -2.44. The molecule has 0 aliphatic heterocycles. The number of rotatable bonds is 10. The molecule has 1 unspecified atom stereocenters. The van der Waals surface area contributed by atoms with Crippen LogP contribution in [0.3, 0.4) is 0 Å². The molecule has 160 valence electrons. The average molecular weight is 422 g/mol. The van der Waals surface area contributed by atoms with E-state index >= 15 is 0 Å². The maximum atomic E-state index is 12.7. The van der Waals surface area contributed by atoms with E-state index in [-0.39, 0.29) is 25.4 Å². The van der Waals surface area contributed by atoms with E-state index < -0.39 is 18.2 Å². The first-order valence-corrected chi connectivity index (χ1v) is 9.65. The maximum absolute atomic E-state index is 12.7. The van der Waals surface area contributed by atoms with E-state index in [0.717, 1.165) is 15.9 Å². The molecule has 10 nitrogen and oxygen atoms in total. The van der Waals surface area contributed by atoms with Crippen molar-refractivity contribution in [2.24, 2.45) is 0 Å². The number of ketones is 1. The number of nitrogens with zero attached hydrogens (tertiary/aromatic N) is 4. The quantitative estimate of drug-likeness (QED) is 0.506. The second-order valence-electron chi connectivity index (χ2n) is 6.59. The molecule has 1 aromatic heterocycles. The van der Waals surface area contributed by atoms with Crippen molar-refractivity contribution in [2.45, 2.75) is 25.6 Å². The summed E-state index contributed by atoms with van der Waals surface area (Å²) in [6.45, 7) is -0.289. The minimum atomic E-state index is -1.12. The molecule has 0 saturated carbocycles. The third-order valence-electron chi connectivity index (χ3n) is 4.31. The lowest BCUT2D eigenvalue weighted by Gasteiger charge is -2.16. The Hall–Kier alpha value is -4.08. The fourth-order valence-corrected chi connectivity index (χ4v) is 2.74. The largest absolute Gasteiger partial charge is 0.445 e. The van der Waals surface area contributed by atoms with Crippen molar-refractivity contribution in [3.8, 4) is 0 Å². The SMILES string of the molecule is O=C(CNC(=O)OCc1ccccc1)NC(C(=O)CCc1ccccc1)n1ncnn1. The van der Waals surface area contributed by atoms with Gasteiger partial charge in [-0.15, -0.1) is 15.0 Å². The Morgan fingerprint density at radius 1 is 0.968 bits per heavy atom. The summed E-state index contributed by atoms with van der Waals surface area (Å²) in [5, 5.41) is 16.0. The molecule has 0 bridgehead atoms. The standard InChI is InChI=1S/C21H22N6O4/c28-18(12-11-16-7-3-1-4-8-16)20(27-24-15-23-26-27)25-19(29)13-22-21(30)31-14-17-9-5-2-6-10-17/h1-10,15,20H,11-14H2,(H,22,30)(H,25,29). The van der Waals surface area contributed by atoms with Crippen LogP contribution in [-0.2, 0) is 27.4 Å². The third kappa shape index (κ3) is 7.03. The summed E-state index contributed by atoms with van der Waals surface area (Å²) < 4.78 is 5.05. The lowest BCUT2D eigenvalue weighted by molar-refractivity contribution is -0.130. The summed E-state index contributed by atoms with van der Waals surface area (Å²) >= 11 is 0. The highest BCUT2D eigenvalue weighted by atomic mass is 16.5. The van der Waals surface area contributed by atoms with E-state index in [0.29, 0.717) is 6.42 Å². The van der Waals surface area contributed by atoms with Crippen molar-refractivity contribution in [1.82, 2.24) is 30.8 Å². The topological polar surface area (TPSA) is 128 Å². The monoisotopic (exact) mass is 422 g/mol. The number of aromatic nitrogens is 4. The van der Waals surface area contributed by atoms with Crippen LogP contribution in [0.15, 0.2) is 67.0 Å². The van der Waals surface area contributed by atoms with Gasteiger partial charge in [0, 0.05) is 6.42 Å². The molecule has 0 aliphatic rings. The molecule has 1 atom stereocenters. The van der Waals surface area contributed by atoms with Crippen molar-refractivity contribution in [2.75, 3.05) is 6.54 Å². The summed E-state index contributed by atoms with van der Waals surface area (Å²) in [6.07, 6.45) is -0.0258. The van der Waals surface area contributed by atoms with Crippen LogP contribution in [0, 0.1) is 0 Å². The molecule has 2 aromatic carbocycles.